The summed E-state index contributed by atoms with van der Waals surface area (Å²) in [7, 11) is 0. The summed E-state index contributed by atoms with van der Waals surface area (Å²) in [5, 5.41) is 14.7. The molecule has 0 saturated carbocycles. The molecule has 0 aliphatic heterocycles. The first-order chi connectivity index (χ1) is 16.8. The van der Waals surface area contributed by atoms with Gasteiger partial charge in [0.05, 0.1) is 12.0 Å². The molecule has 0 bridgehead atoms. The van der Waals surface area contributed by atoms with Gasteiger partial charge in [0.15, 0.2) is 0 Å². The Hall–Kier alpha value is -4.13. The van der Waals surface area contributed by atoms with Crippen molar-refractivity contribution in [3.8, 4) is 11.1 Å². The van der Waals surface area contributed by atoms with Crippen LogP contribution < -0.4 is 10.6 Å². The first kappa shape index (κ1) is 24.0. The van der Waals surface area contributed by atoms with Crippen LogP contribution in [0.5, 0.6) is 0 Å². The average Bonchev–Trinajstić information content (AvgIpc) is 3.16. The predicted molar refractivity (Wildman–Crippen MR) is 132 cm³/mol. The highest BCUT2D eigenvalue weighted by atomic mass is 16.5. The fourth-order valence-electron chi connectivity index (χ4n) is 4.49. The molecule has 0 saturated heterocycles. The molecular weight excluding hydrogens is 444 g/mol. The van der Waals surface area contributed by atoms with Crippen molar-refractivity contribution in [1.82, 2.24) is 10.6 Å². The molecule has 0 spiro atoms. The van der Waals surface area contributed by atoms with Crippen LogP contribution in [0.1, 0.15) is 42.9 Å². The summed E-state index contributed by atoms with van der Waals surface area (Å²) in [5.41, 5.74) is 4.48. The number of hydrogen-bond donors (Lipinski definition) is 3. The molecular formula is C28H28N2O5. The van der Waals surface area contributed by atoms with Crippen LogP contribution in [0.25, 0.3) is 11.1 Å². The molecule has 3 aromatic rings. The highest BCUT2D eigenvalue weighted by Crippen LogP contribution is 2.44. The van der Waals surface area contributed by atoms with Crippen molar-refractivity contribution in [3.63, 3.8) is 0 Å². The Morgan fingerprint density at radius 3 is 2.00 bits per heavy atom. The third-order valence-electron chi connectivity index (χ3n) is 6.27. The van der Waals surface area contributed by atoms with E-state index in [2.05, 4.69) is 10.6 Å². The van der Waals surface area contributed by atoms with Gasteiger partial charge in [-0.2, -0.15) is 0 Å². The molecule has 4 rings (SSSR count). The normalized spacial score (nSPS) is 13.3. The Labute approximate surface area is 204 Å². The molecule has 0 radical (unpaired) electrons. The zero-order valence-corrected chi connectivity index (χ0v) is 19.7. The molecule has 3 N–H and O–H groups in total. The number of amides is 2. The lowest BCUT2D eigenvalue weighted by molar-refractivity contribution is -0.141. The monoisotopic (exact) mass is 472 g/mol. The van der Waals surface area contributed by atoms with Gasteiger partial charge in [-0.25, -0.2) is 9.59 Å². The smallest absolute Gasteiger partial charge is 0.407 e. The topological polar surface area (TPSA) is 105 Å². The van der Waals surface area contributed by atoms with E-state index >= 15 is 0 Å². The number of carboxylic acid groups (broad SMARTS) is 1. The number of hydrogen-bond acceptors (Lipinski definition) is 4. The first-order valence-electron chi connectivity index (χ1n) is 11.5. The largest absolute Gasteiger partial charge is 0.480 e. The summed E-state index contributed by atoms with van der Waals surface area (Å²) in [6.45, 7) is 3.71. The number of aliphatic carboxylic acids is 1. The van der Waals surface area contributed by atoms with Gasteiger partial charge in [0.25, 0.3) is 0 Å². The van der Waals surface area contributed by atoms with E-state index in [1.807, 2.05) is 92.7 Å². The Bertz CT molecular complexity index is 1190. The van der Waals surface area contributed by atoms with E-state index in [0.29, 0.717) is 0 Å². The van der Waals surface area contributed by atoms with Crippen molar-refractivity contribution in [1.29, 1.82) is 0 Å². The molecule has 7 nitrogen and oxygen atoms in total. The maximum Gasteiger partial charge on any atom is 0.407 e. The van der Waals surface area contributed by atoms with Crippen molar-refractivity contribution in [2.45, 2.75) is 37.8 Å². The predicted octanol–water partition coefficient (Wildman–Crippen LogP) is 4.42. The molecule has 1 aliphatic carbocycles. The number of fused-ring (bicyclic) bond motifs is 3. The Balaban J connectivity index is 1.37. The van der Waals surface area contributed by atoms with Gasteiger partial charge in [-0.1, -0.05) is 78.9 Å². The molecule has 0 unspecified atom stereocenters. The molecule has 35 heavy (non-hydrogen) atoms. The van der Waals surface area contributed by atoms with E-state index < -0.39 is 36.0 Å². The van der Waals surface area contributed by atoms with Gasteiger partial charge in [0.1, 0.15) is 12.6 Å². The second-order valence-electron chi connectivity index (χ2n) is 9.10. The lowest BCUT2D eigenvalue weighted by Gasteiger charge is -2.27. The van der Waals surface area contributed by atoms with Gasteiger partial charge in [-0.15, -0.1) is 0 Å². The molecule has 180 valence electrons. The van der Waals surface area contributed by atoms with Crippen LogP contribution in [-0.2, 0) is 19.9 Å². The molecule has 0 aromatic heterocycles. The van der Waals surface area contributed by atoms with E-state index in [9.17, 15) is 19.5 Å². The number of alkyl carbamates (subject to hydrolysis) is 1. The van der Waals surface area contributed by atoms with Crippen LogP contribution in [0, 0.1) is 0 Å². The fraction of sp³-hybridized carbons (Fsp3) is 0.250. The lowest BCUT2D eigenvalue weighted by atomic mass is 9.94. The third kappa shape index (κ3) is 5.35. The second kappa shape index (κ2) is 10.0. The Morgan fingerprint density at radius 2 is 1.43 bits per heavy atom. The number of carbonyl (C=O) groups is 3. The summed E-state index contributed by atoms with van der Waals surface area (Å²) in [6.07, 6.45) is -1.30. The van der Waals surface area contributed by atoms with Crippen LogP contribution in [0.2, 0.25) is 0 Å². The molecule has 0 heterocycles. The zero-order valence-electron chi connectivity index (χ0n) is 19.7. The zero-order chi connectivity index (χ0) is 25.0. The SMILES string of the molecule is CC(C)(NC(=O)C[C@H](NC(=O)OCC1c2ccccc2-c2ccccc21)C(=O)O)c1ccccc1. The molecule has 2 amide bonds. The van der Waals surface area contributed by atoms with Crippen LogP contribution in [0.4, 0.5) is 4.79 Å². The Morgan fingerprint density at radius 1 is 0.886 bits per heavy atom. The van der Waals surface area contributed by atoms with Crippen LogP contribution in [-0.4, -0.2) is 35.7 Å². The van der Waals surface area contributed by atoms with E-state index in [0.717, 1.165) is 27.8 Å². The minimum atomic E-state index is -1.42. The third-order valence-corrected chi connectivity index (χ3v) is 6.27. The van der Waals surface area contributed by atoms with Crippen molar-refractivity contribution >= 4 is 18.0 Å². The first-order valence-corrected chi connectivity index (χ1v) is 11.5. The van der Waals surface area contributed by atoms with E-state index in [1.54, 1.807) is 0 Å². The van der Waals surface area contributed by atoms with Gasteiger partial charge in [0, 0.05) is 5.92 Å². The molecule has 1 atom stereocenters. The number of benzene rings is 3. The second-order valence-corrected chi connectivity index (χ2v) is 9.10. The molecule has 7 heteroatoms. The van der Waals surface area contributed by atoms with E-state index in [1.165, 1.54) is 0 Å². The number of ether oxygens (including phenoxy) is 1. The summed E-state index contributed by atoms with van der Waals surface area (Å²) in [5.74, 6) is -1.96. The van der Waals surface area contributed by atoms with Gasteiger partial charge in [0.2, 0.25) is 5.91 Å². The highest BCUT2D eigenvalue weighted by Gasteiger charge is 2.31. The summed E-state index contributed by atoms with van der Waals surface area (Å²) < 4.78 is 5.43. The van der Waals surface area contributed by atoms with Crippen molar-refractivity contribution in [3.05, 3.63) is 95.6 Å². The van der Waals surface area contributed by atoms with Crippen LogP contribution in [0.3, 0.4) is 0 Å². The van der Waals surface area contributed by atoms with E-state index in [4.69, 9.17) is 4.74 Å². The van der Waals surface area contributed by atoms with Gasteiger partial charge in [-0.05, 0) is 41.7 Å². The summed E-state index contributed by atoms with van der Waals surface area (Å²) >= 11 is 0. The molecule has 1 aliphatic rings. The molecule has 3 aromatic carbocycles. The minimum Gasteiger partial charge on any atom is -0.480 e. The minimum absolute atomic E-state index is 0.0550. The number of carbonyl (C=O) groups excluding carboxylic acids is 2. The van der Waals surface area contributed by atoms with Gasteiger partial charge >= 0.3 is 12.1 Å². The summed E-state index contributed by atoms with van der Waals surface area (Å²) in [4.78, 5) is 36.8. The van der Waals surface area contributed by atoms with Crippen LogP contribution in [0.15, 0.2) is 78.9 Å². The van der Waals surface area contributed by atoms with Gasteiger partial charge in [-0.3, -0.25) is 4.79 Å². The summed E-state index contributed by atoms with van der Waals surface area (Å²) in [6, 6.07) is 23.8. The number of carboxylic acids is 1. The van der Waals surface area contributed by atoms with E-state index in [-0.39, 0.29) is 12.5 Å². The standard InChI is InChI=1S/C28H28N2O5/c1-28(2,18-10-4-3-5-11-18)30-25(31)16-24(26(32)33)29-27(34)35-17-23-21-14-8-6-12-19(21)20-13-7-9-15-22(20)23/h3-15,23-24H,16-17H2,1-2H3,(H,29,34)(H,30,31)(H,32,33)/t24-/m0/s1. The fourth-order valence-corrected chi connectivity index (χ4v) is 4.49. The Kier molecular flexibility index (Phi) is 6.87. The van der Waals surface area contributed by atoms with Crippen molar-refractivity contribution in [2.75, 3.05) is 6.61 Å². The maximum absolute atomic E-state index is 12.6. The maximum atomic E-state index is 12.6. The number of nitrogens with one attached hydrogen (secondary N) is 2. The highest BCUT2D eigenvalue weighted by molar-refractivity contribution is 5.87. The average molecular weight is 473 g/mol. The van der Waals surface area contributed by atoms with Crippen LogP contribution >= 0.6 is 0 Å². The van der Waals surface area contributed by atoms with Gasteiger partial charge < -0.3 is 20.5 Å². The molecule has 0 fully saturated rings. The number of rotatable bonds is 8. The van der Waals surface area contributed by atoms with Crippen molar-refractivity contribution in [2.24, 2.45) is 0 Å². The lowest BCUT2D eigenvalue weighted by Crippen LogP contribution is -2.47. The quantitative estimate of drug-likeness (QED) is 0.450. The van der Waals surface area contributed by atoms with Crippen molar-refractivity contribution < 1.29 is 24.2 Å².